The summed E-state index contributed by atoms with van der Waals surface area (Å²) in [6.07, 6.45) is 1.95. The van der Waals surface area contributed by atoms with E-state index in [0.29, 0.717) is 47.6 Å². The Bertz CT molecular complexity index is 2330. The molecule has 4 heterocycles. The zero-order valence-corrected chi connectivity index (χ0v) is 34.2. The van der Waals surface area contributed by atoms with Crippen LogP contribution < -0.4 is 26.2 Å². The van der Waals surface area contributed by atoms with Crippen LogP contribution in [0.3, 0.4) is 0 Å². The number of aromatic hydroxyl groups is 1. The monoisotopic (exact) mass is 831 g/mol. The molecule has 8 rings (SSSR count). The Morgan fingerprint density at radius 2 is 1.66 bits per heavy atom. The van der Waals surface area contributed by atoms with Crippen molar-refractivity contribution in [1.29, 1.82) is 0 Å². The van der Waals surface area contributed by atoms with Crippen LogP contribution in [-0.2, 0) is 20.9 Å². The molecule has 5 aromatic rings. The third kappa shape index (κ3) is 11.3. The zero-order valence-electron chi connectivity index (χ0n) is 34.2. The summed E-state index contributed by atoms with van der Waals surface area (Å²) in [6, 6.07) is 29.0. The van der Waals surface area contributed by atoms with Crippen molar-refractivity contribution in [2.75, 3.05) is 39.3 Å². The van der Waals surface area contributed by atoms with E-state index in [1.54, 1.807) is 43.3 Å². The standard InChI is InChI=1S/C47H53N5O9/c1-30(46(57)59-25-6-5-22-48-27-40(54)37-16-18-39(53)44-38(37)17-19-42(55)50-44)49-45(56)34-14-12-31(13-15-34)29-60-36-11-7-10-35(26-36)43(33-8-3-2-4-9-33)51-47(58)61-41-28-52-23-20-32(41)21-24-52/h2-4,7-19,26,30,32,40-41,43,48,53-54H,5-6,20-25,27-29H2,1H3,(H,49,56)(H,50,55)(H,51,58)/t30?,40?,41?,43-/m0/s1. The highest BCUT2D eigenvalue weighted by Gasteiger charge is 2.37. The Morgan fingerprint density at radius 3 is 2.41 bits per heavy atom. The number of hydrogen-bond donors (Lipinski definition) is 6. The summed E-state index contributed by atoms with van der Waals surface area (Å²) in [7, 11) is 0. The number of nitrogens with zero attached hydrogens (tertiary/aromatic N) is 1. The van der Waals surface area contributed by atoms with Gasteiger partial charge in [-0.2, -0.15) is 0 Å². The molecule has 3 aliphatic rings. The maximum absolute atomic E-state index is 13.2. The number of amides is 2. The van der Waals surface area contributed by atoms with E-state index in [2.05, 4.69) is 25.8 Å². The number of ether oxygens (including phenoxy) is 3. The fourth-order valence-electron chi connectivity index (χ4n) is 7.93. The van der Waals surface area contributed by atoms with Gasteiger partial charge in [-0.15, -0.1) is 0 Å². The number of nitrogens with one attached hydrogen (secondary N) is 4. The summed E-state index contributed by atoms with van der Waals surface area (Å²) in [4.78, 5) is 55.4. The van der Waals surface area contributed by atoms with Crippen LogP contribution in [0.5, 0.6) is 11.5 Å². The second kappa shape index (κ2) is 20.4. The van der Waals surface area contributed by atoms with E-state index in [1.807, 2.05) is 54.6 Å². The lowest BCUT2D eigenvalue weighted by Gasteiger charge is -2.43. The topological polar surface area (TPSA) is 192 Å². The number of alkyl carbamates (subject to hydrolysis) is 1. The molecule has 1 aromatic heterocycles. The number of carbonyl (C=O) groups excluding carboxylic acids is 3. The van der Waals surface area contributed by atoms with Gasteiger partial charge < -0.3 is 45.4 Å². The van der Waals surface area contributed by atoms with Crippen LogP contribution in [0, 0.1) is 5.92 Å². The van der Waals surface area contributed by atoms with Gasteiger partial charge in [-0.3, -0.25) is 14.5 Å². The van der Waals surface area contributed by atoms with Gasteiger partial charge in [0.25, 0.3) is 5.91 Å². The number of pyridine rings is 1. The number of phenols is 1. The van der Waals surface area contributed by atoms with Gasteiger partial charge in [0.1, 0.15) is 30.3 Å². The second-order valence-electron chi connectivity index (χ2n) is 15.7. The van der Waals surface area contributed by atoms with Crippen molar-refractivity contribution >= 4 is 28.9 Å². The first-order chi connectivity index (χ1) is 29.6. The first kappa shape index (κ1) is 42.9. The molecule has 0 saturated carbocycles. The summed E-state index contributed by atoms with van der Waals surface area (Å²) in [5.74, 6) is 0.00170. The van der Waals surface area contributed by atoms with Crippen LogP contribution >= 0.6 is 0 Å². The molecule has 3 aliphatic heterocycles. The Kier molecular flexibility index (Phi) is 14.3. The molecule has 4 aromatic carbocycles. The van der Waals surface area contributed by atoms with Crippen LogP contribution in [-0.4, -0.2) is 89.5 Å². The van der Waals surface area contributed by atoms with Gasteiger partial charge in [-0.05, 0) is 117 Å². The molecule has 6 N–H and O–H groups in total. The largest absolute Gasteiger partial charge is 0.506 e. The maximum atomic E-state index is 13.2. The lowest BCUT2D eigenvalue weighted by atomic mass is 9.86. The summed E-state index contributed by atoms with van der Waals surface area (Å²) < 4.78 is 17.5. The van der Waals surface area contributed by atoms with E-state index in [4.69, 9.17) is 14.2 Å². The number of unbranched alkanes of at least 4 members (excludes halogenated alkanes) is 1. The molecule has 0 radical (unpaired) electrons. The highest BCUT2D eigenvalue weighted by molar-refractivity contribution is 5.96. The minimum atomic E-state index is -0.870. The van der Waals surface area contributed by atoms with Crippen molar-refractivity contribution in [3.05, 3.63) is 141 Å². The fourth-order valence-corrected chi connectivity index (χ4v) is 7.93. The van der Waals surface area contributed by atoms with Gasteiger partial charge in [-0.1, -0.05) is 60.7 Å². The van der Waals surface area contributed by atoms with Crippen molar-refractivity contribution < 1.29 is 38.8 Å². The summed E-state index contributed by atoms with van der Waals surface area (Å²) in [6.45, 7) is 5.71. The number of esters is 1. The van der Waals surface area contributed by atoms with Crippen LogP contribution in [0.2, 0.25) is 0 Å². The first-order valence-corrected chi connectivity index (χ1v) is 20.9. The number of aromatic amines is 1. The van der Waals surface area contributed by atoms with Crippen molar-refractivity contribution in [3.63, 3.8) is 0 Å². The van der Waals surface area contributed by atoms with Crippen LogP contribution in [0.15, 0.2) is 108 Å². The molecule has 4 atom stereocenters. The van der Waals surface area contributed by atoms with Crippen LogP contribution in [0.1, 0.15) is 77.4 Å². The van der Waals surface area contributed by atoms with Crippen molar-refractivity contribution in [3.8, 4) is 11.5 Å². The zero-order chi connectivity index (χ0) is 42.7. The number of piperidine rings is 3. The Hall–Kier alpha value is -6.22. The lowest BCUT2D eigenvalue weighted by molar-refractivity contribution is -0.145. The highest BCUT2D eigenvalue weighted by atomic mass is 16.6. The Morgan fingerprint density at radius 1 is 0.885 bits per heavy atom. The Balaban J connectivity index is 0.822. The highest BCUT2D eigenvalue weighted by Crippen LogP contribution is 2.31. The molecule has 61 heavy (non-hydrogen) atoms. The molecule has 14 heteroatoms. The van der Waals surface area contributed by atoms with Gasteiger partial charge in [-0.25, -0.2) is 9.59 Å². The molecule has 2 bridgehead atoms. The molecule has 0 spiro atoms. The normalized spacial score (nSPS) is 18.4. The molecular weight excluding hydrogens is 779 g/mol. The first-order valence-electron chi connectivity index (χ1n) is 20.9. The number of benzene rings is 4. The number of fused-ring (bicyclic) bond motifs is 4. The molecule has 14 nitrogen and oxygen atoms in total. The van der Waals surface area contributed by atoms with Crippen LogP contribution in [0.25, 0.3) is 10.9 Å². The molecule has 0 aliphatic carbocycles. The third-order valence-corrected chi connectivity index (χ3v) is 11.4. The number of carbonyl (C=O) groups is 3. The van der Waals surface area contributed by atoms with E-state index in [-0.39, 0.29) is 42.7 Å². The van der Waals surface area contributed by atoms with Crippen LogP contribution in [0.4, 0.5) is 4.79 Å². The average Bonchev–Trinajstić information content (AvgIpc) is 3.28. The summed E-state index contributed by atoms with van der Waals surface area (Å²) in [5.41, 5.74) is 3.49. The Labute approximate surface area is 354 Å². The minimum Gasteiger partial charge on any atom is -0.506 e. The van der Waals surface area contributed by atoms with E-state index >= 15 is 0 Å². The molecule has 320 valence electrons. The number of rotatable bonds is 18. The second-order valence-corrected chi connectivity index (χ2v) is 15.7. The van der Waals surface area contributed by atoms with Gasteiger partial charge >= 0.3 is 12.1 Å². The van der Waals surface area contributed by atoms with Crippen molar-refractivity contribution in [2.24, 2.45) is 5.92 Å². The van der Waals surface area contributed by atoms with Gasteiger partial charge in [0.2, 0.25) is 5.56 Å². The average molecular weight is 832 g/mol. The predicted octanol–water partition coefficient (Wildman–Crippen LogP) is 5.49. The summed E-state index contributed by atoms with van der Waals surface area (Å²) >= 11 is 0. The van der Waals surface area contributed by atoms with Gasteiger partial charge in [0, 0.05) is 30.1 Å². The molecule has 2 amide bonds. The van der Waals surface area contributed by atoms with E-state index < -0.39 is 36.2 Å². The molecular formula is C47H53N5O9. The molecule has 3 fully saturated rings. The van der Waals surface area contributed by atoms with E-state index in [9.17, 15) is 29.4 Å². The minimum absolute atomic E-state index is 0.0702. The lowest BCUT2D eigenvalue weighted by Crippen LogP contribution is -2.52. The third-order valence-electron chi connectivity index (χ3n) is 11.4. The smallest absolute Gasteiger partial charge is 0.408 e. The predicted molar refractivity (Wildman–Crippen MR) is 229 cm³/mol. The van der Waals surface area contributed by atoms with Gasteiger partial charge in [0.15, 0.2) is 0 Å². The quantitative estimate of drug-likeness (QED) is 0.0484. The number of aliphatic hydroxyl groups is 1. The van der Waals surface area contributed by atoms with E-state index in [0.717, 1.165) is 49.2 Å². The number of phenolic OH excluding ortho intramolecular Hbond substituents is 1. The van der Waals surface area contributed by atoms with E-state index in [1.165, 1.54) is 12.1 Å². The number of H-pyrrole nitrogens is 1. The summed E-state index contributed by atoms with van der Waals surface area (Å²) in [5, 5.41) is 30.3. The number of aliphatic hydroxyl groups excluding tert-OH is 1. The number of aromatic nitrogens is 1. The fraction of sp³-hybridized carbons (Fsp3) is 0.362. The maximum Gasteiger partial charge on any atom is 0.408 e. The molecule has 3 unspecified atom stereocenters. The molecule has 3 saturated heterocycles. The van der Waals surface area contributed by atoms with Gasteiger partial charge in [0.05, 0.1) is 24.3 Å². The van der Waals surface area contributed by atoms with Crippen molar-refractivity contribution in [2.45, 2.75) is 63.5 Å². The number of hydrogen-bond acceptors (Lipinski definition) is 11. The SMILES string of the molecule is CC(NC(=O)c1ccc(COc2cccc([C@@H](NC(=O)OC3CN4CCC3CC4)c3ccccc3)c2)cc1)C(=O)OCCCCNCC(O)c1ccc(O)c2[nH]c(=O)ccc12. The van der Waals surface area contributed by atoms with Crippen molar-refractivity contribution in [1.82, 2.24) is 25.8 Å².